The summed E-state index contributed by atoms with van der Waals surface area (Å²) < 4.78 is 0. The molecule has 0 spiro atoms. The minimum absolute atomic E-state index is 0.106. The van der Waals surface area contributed by atoms with Crippen LogP contribution in [0.1, 0.15) is 12.8 Å². The Labute approximate surface area is 117 Å². The largest absolute Gasteiger partial charge is 0.333 e. The smallest absolute Gasteiger partial charge is 0.247 e. The van der Waals surface area contributed by atoms with Gasteiger partial charge in [-0.05, 0) is 24.3 Å². The average Bonchev–Trinajstić information content (AvgIpc) is 2.96. The van der Waals surface area contributed by atoms with Gasteiger partial charge in [0.05, 0.1) is 0 Å². The van der Waals surface area contributed by atoms with Gasteiger partial charge in [-0.1, -0.05) is 36.4 Å². The van der Waals surface area contributed by atoms with Crippen LogP contribution in [0.15, 0.2) is 42.5 Å². The van der Waals surface area contributed by atoms with Crippen molar-refractivity contribution in [1.82, 2.24) is 4.90 Å². The van der Waals surface area contributed by atoms with Crippen molar-refractivity contribution in [2.75, 3.05) is 11.9 Å². The van der Waals surface area contributed by atoms with Crippen molar-refractivity contribution in [3.63, 3.8) is 0 Å². The molecule has 1 aliphatic heterocycles. The molecule has 0 aliphatic carbocycles. The van der Waals surface area contributed by atoms with Gasteiger partial charge >= 0.3 is 0 Å². The Hall–Kier alpha value is -2.36. The molecule has 0 radical (unpaired) electrons. The fourth-order valence-electron chi connectivity index (χ4n) is 2.75. The lowest BCUT2D eigenvalue weighted by Crippen LogP contribution is -2.38. The van der Waals surface area contributed by atoms with Crippen molar-refractivity contribution < 1.29 is 9.59 Å². The van der Waals surface area contributed by atoms with E-state index in [0.717, 1.165) is 35.7 Å². The molecule has 0 bridgehead atoms. The Morgan fingerprint density at radius 2 is 2.00 bits per heavy atom. The SMILES string of the molecule is O=CN1CCCC1C(=O)Nc1cccc2ccccc12. The molecule has 0 saturated carbocycles. The van der Waals surface area contributed by atoms with Crippen LogP contribution in [0.5, 0.6) is 0 Å². The zero-order valence-corrected chi connectivity index (χ0v) is 11.1. The van der Waals surface area contributed by atoms with Gasteiger partial charge in [0.25, 0.3) is 0 Å². The molecule has 1 fully saturated rings. The van der Waals surface area contributed by atoms with Crippen LogP contribution in [0.2, 0.25) is 0 Å². The van der Waals surface area contributed by atoms with E-state index < -0.39 is 0 Å². The number of carbonyl (C=O) groups is 2. The minimum Gasteiger partial charge on any atom is -0.333 e. The van der Waals surface area contributed by atoms with Crippen LogP contribution in [0.3, 0.4) is 0 Å². The Morgan fingerprint density at radius 3 is 2.85 bits per heavy atom. The molecule has 4 heteroatoms. The van der Waals surface area contributed by atoms with Gasteiger partial charge in [-0.3, -0.25) is 9.59 Å². The van der Waals surface area contributed by atoms with Crippen LogP contribution in [0.4, 0.5) is 5.69 Å². The molecule has 1 unspecified atom stereocenters. The molecular formula is C16H16N2O2. The van der Waals surface area contributed by atoms with Crippen LogP contribution >= 0.6 is 0 Å². The number of amides is 2. The summed E-state index contributed by atoms with van der Waals surface area (Å²) in [6.45, 7) is 0.664. The maximum Gasteiger partial charge on any atom is 0.247 e. The first kappa shape index (κ1) is 12.7. The van der Waals surface area contributed by atoms with Crippen LogP contribution in [-0.2, 0) is 9.59 Å². The number of nitrogens with zero attached hydrogens (tertiary/aromatic N) is 1. The number of hydrogen-bond donors (Lipinski definition) is 1. The first-order valence-electron chi connectivity index (χ1n) is 6.79. The third kappa shape index (κ3) is 2.25. The van der Waals surface area contributed by atoms with E-state index in [1.165, 1.54) is 0 Å². The minimum atomic E-state index is -0.341. The second-order valence-electron chi connectivity index (χ2n) is 5.02. The number of carbonyl (C=O) groups excluding carboxylic acids is 2. The first-order chi connectivity index (χ1) is 9.79. The molecule has 2 amide bonds. The third-order valence-electron chi connectivity index (χ3n) is 3.78. The number of rotatable bonds is 3. The second kappa shape index (κ2) is 5.33. The van der Waals surface area contributed by atoms with Crippen molar-refractivity contribution in [2.45, 2.75) is 18.9 Å². The maximum atomic E-state index is 12.3. The molecule has 102 valence electrons. The van der Waals surface area contributed by atoms with Gasteiger partial charge < -0.3 is 10.2 Å². The van der Waals surface area contributed by atoms with E-state index in [2.05, 4.69) is 5.32 Å². The molecule has 1 aliphatic rings. The molecule has 4 nitrogen and oxygen atoms in total. The van der Waals surface area contributed by atoms with E-state index >= 15 is 0 Å². The summed E-state index contributed by atoms with van der Waals surface area (Å²) in [5.74, 6) is -0.106. The van der Waals surface area contributed by atoms with Gasteiger partial charge in [0.1, 0.15) is 6.04 Å². The number of anilines is 1. The van der Waals surface area contributed by atoms with Crippen molar-refractivity contribution >= 4 is 28.8 Å². The zero-order valence-electron chi connectivity index (χ0n) is 11.1. The molecular weight excluding hydrogens is 252 g/mol. The van der Waals surface area contributed by atoms with Crippen LogP contribution < -0.4 is 5.32 Å². The fraction of sp³-hybridized carbons (Fsp3) is 0.250. The van der Waals surface area contributed by atoms with E-state index in [4.69, 9.17) is 0 Å². The number of fused-ring (bicyclic) bond motifs is 1. The lowest BCUT2D eigenvalue weighted by molar-refractivity contribution is -0.127. The molecule has 2 aromatic carbocycles. The Morgan fingerprint density at radius 1 is 1.20 bits per heavy atom. The molecule has 0 aromatic heterocycles. The topological polar surface area (TPSA) is 49.4 Å². The molecule has 3 rings (SSSR count). The molecule has 1 atom stereocenters. The highest BCUT2D eigenvalue weighted by atomic mass is 16.2. The van der Waals surface area contributed by atoms with Gasteiger partial charge in [-0.15, -0.1) is 0 Å². The normalized spacial score (nSPS) is 18.2. The predicted octanol–water partition coefficient (Wildman–Crippen LogP) is 2.40. The average molecular weight is 268 g/mol. The second-order valence-corrected chi connectivity index (χ2v) is 5.02. The lowest BCUT2D eigenvalue weighted by atomic mass is 10.1. The monoisotopic (exact) mass is 268 g/mol. The first-order valence-corrected chi connectivity index (χ1v) is 6.79. The van der Waals surface area contributed by atoms with E-state index in [1.54, 1.807) is 4.90 Å². The van der Waals surface area contributed by atoms with Crippen LogP contribution in [0.25, 0.3) is 10.8 Å². The van der Waals surface area contributed by atoms with Gasteiger partial charge in [0.2, 0.25) is 12.3 Å². The van der Waals surface area contributed by atoms with Crippen molar-refractivity contribution in [1.29, 1.82) is 0 Å². The van der Waals surface area contributed by atoms with Gasteiger partial charge in [0, 0.05) is 17.6 Å². The third-order valence-corrected chi connectivity index (χ3v) is 3.78. The highest BCUT2D eigenvalue weighted by Crippen LogP contribution is 2.24. The summed E-state index contributed by atoms with van der Waals surface area (Å²) in [7, 11) is 0. The van der Waals surface area contributed by atoms with Gasteiger partial charge in [-0.2, -0.15) is 0 Å². The molecule has 20 heavy (non-hydrogen) atoms. The predicted molar refractivity (Wildman–Crippen MR) is 78.4 cm³/mol. The Kier molecular flexibility index (Phi) is 3.37. The standard InChI is InChI=1S/C16H16N2O2/c19-11-18-10-4-9-15(18)16(20)17-14-8-3-6-12-5-1-2-7-13(12)14/h1-3,5-8,11,15H,4,9-10H2,(H,17,20). The molecule has 2 aromatic rings. The quantitative estimate of drug-likeness (QED) is 0.869. The summed E-state index contributed by atoms with van der Waals surface area (Å²) in [5.41, 5.74) is 0.797. The fourth-order valence-corrected chi connectivity index (χ4v) is 2.75. The summed E-state index contributed by atoms with van der Waals surface area (Å²) >= 11 is 0. The van der Waals surface area contributed by atoms with Crippen LogP contribution in [-0.4, -0.2) is 29.8 Å². The Balaban J connectivity index is 1.86. The van der Waals surface area contributed by atoms with Gasteiger partial charge in [-0.25, -0.2) is 0 Å². The lowest BCUT2D eigenvalue weighted by Gasteiger charge is -2.19. The summed E-state index contributed by atoms with van der Waals surface area (Å²) in [6.07, 6.45) is 2.38. The van der Waals surface area contributed by atoms with E-state index in [1.807, 2.05) is 42.5 Å². The summed E-state index contributed by atoms with van der Waals surface area (Å²) in [5, 5.41) is 5.05. The zero-order chi connectivity index (χ0) is 13.9. The van der Waals surface area contributed by atoms with E-state index in [-0.39, 0.29) is 11.9 Å². The van der Waals surface area contributed by atoms with E-state index in [0.29, 0.717) is 6.54 Å². The number of benzene rings is 2. The van der Waals surface area contributed by atoms with Crippen molar-refractivity contribution in [3.8, 4) is 0 Å². The van der Waals surface area contributed by atoms with Crippen molar-refractivity contribution in [2.24, 2.45) is 0 Å². The van der Waals surface area contributed by atoms with Gasteiger partial charge in [0.15, 0.2) is 0 Å². The molecule has 1 heterocycles. The molecule has 1 N–H and O–H groups in total. The number of nitrogens with one attached hydrogen (secondary N) is 1. The summed E-state index contributed by atoms with van der Waals surface area (Å²) in [4.78, 5) is 24.8. The maximum absolute atomic E-state index is 12.3. The number of hydrogen-bond acceptors (Lipinski definition) is 2. The van der Waals surface area contributed by atoms with E-state index in [9.17, 15) is 9.59 Å². The Bertz CT molecular complexity index is 648. The van der Waals surface area contributed by atoms with Crippen LogP contribution in [0, 0.1) is 0 Å². The highest BCUT2D eigenvalue weighted by Gasteiger charge is 2.29. The molecule has 1 saturated heterocycles. The highest BCUT2D eigenvalue weighted by molar-refractivity contribution is 6.04. The number of likely N-dealkylation sites (tertiary alicyclic amines) is 1. The van der Waals surface area contributed by atoms with Crippen molar-refractivity contribution in [3.05, 3.63) is 42.5 Å². The summed E-state index contributed by atoms with van der Waals surface area (Å²) in [6, 6.07) is 13.4.